The molecule has 0 aromatic carbocycles. The molecule has 52 valence electrons. The van der Waals surface area contributed by atoms with Crippen molar-refractivity contribution in [2.24, 2.45) is 5.41 Å². The van der Waals surface area contributed by atoms with Crippen molar-refractivity contribution < 1.29 is 5.11 Å². The number of aliphatic hydroxyl groups is 1. The van der Waals surface area contributed by atoms with Crippen LogP contribution in [0.4, 0.5) is 0 Å². The van der Waals surface area contributed by atoms with E-state index in [1.165, 1.54) is 0 Å². The van der Waals surface area contributed by atoms with Gasteiger partial charge in [0, 0.05) is 17.9 Å². The summed E-state index contributed by atoms with van der Waals surface area (Å²) in [5.74, 6) is 0.517. The SMILES string of the molecule is CC(C)(CO)CCl.Cl. The fourth-order valence-electron chi connectivity index (χ4n) is 0.0423. The van der Waals surface area contributed by atoms with E-state index in [9.17, 15) is 0 Å². The topological polar surface area (TPSA) is 20.2 Å². The molecule has 0 aliphatic rings. The zero-order valence-corrected chi connectivity index (χ0v) is 6.72. The van der Waals surface area contributed by atoms with Gasteiger partial charge in [-0.05, 0) is 0 Å². The first-order valence-corrected chi connectivity index (χ1v) is 2.83. The molecular formula is C5H12Cl2O. The lowest BCUT2D eigenvalue weighted by Crippen LogP contribution is -2.17. The van der Waals surface area contributed by atoms with Gasteiger partial charge >= 0.3 is 0 Å². The number of hydrogen-bond donors (Lipinski definition) is 1. The molecule has 3 heteroatoms. The maximum atomic E-state index is 8.51. The molecule has 0 bridgehead atoms. The average molecular weight is 159 g/mol. The van der Waals surface area contributed by atoms with Gasteiger partial charge in [0.15, 0.2) is 0 Å². The van der Waals surface area contributed by atoms with Gasteiger partial charge in [-0.1, -0.05) is 13.8 Å². The molecule has 0 atom stereocenters. The van der Waals surface area contributed by atoms with Crippen molar-refractivity contribution in [3.05, 3.63) is 0 Å². The van der Waals surface area contributed by atoms with E-state index < -0.39 is 0 Å². The standard InChI is InChI=1S/C5H11ClO.ClH/c1-5(2,3-6)4-7;/h7H,3-4H2,1-2H3;1H. The second-order valence-corrected chi connectivity index (χ2v) is 2.72. The summed E-state index contributed by atoms with van der Waals surface area (Å²) in [6.45, 7) is 4.00. The van der Waals surface area contributed by atoms with Gasteiger partial charge in [-0.15, -0.1) is 24.0 Å². The van der Waals surface area contributed by atoms with Gasteiger partial charge in [0.1, 0.15) is 0 Å². The summed E-state index contributed by atoms with van der Waals surface area (Å²) < 4.78 is 0. The molecule has 0 fully saturated rings. The Morgan fingerprint density at radius 2 is 1.88 bits per heavy atom. The fourth-order valence-corrected chi connectivity index (χ4v) is 0.127. The minimum absolute atomic E-state index is 0. The summed E-state index contributed by atoms with van der Waals surface area (Å²) in [7, 11) is 0. The fraction of sp³-hybridized carbons (Fsp3) is 1.00. The van der Waals surface area contributed by atoms with Crippen LogP contribution in [0.1, 0.15) is 13.8 Å². The molecule has 0 saturated carbocycles. The summed E-state index contributed by atoms with van der Waals surface area (Å²) in [6, 6.07) is 0. The van der Waals surface area contributed by atoms with Gasteiger partial charge in [-0.3, -0.25) is 0 Å². The Morgan fingerprint density at radius 1 is 1.50 bits per heavy atom. The van der Waals surface area contributed by atoms with Crippen LogP contribution in [0.2, 0.25) is 0 Å². The molecule has 0 amide bonds. The average Bonchev–Trinajstić information content (AvgIpc) is 1.68. The zero-order chi connectivity index (χ0) is 5.91. The van der Waals surface area contributed by atoms with Gasteiger partial charge < -0.3 is 5.11 Å². The summed E-state index contributed by atoms with van der Waals surface area (Å²) in [4.78, 5) is 0. The third kappa shape index (κ3) is 4.69. The van der Waals surface area contributed by atoms with Crippen LogP contribution in [0.15, 0.2) is 0 Å². The van der Waals surface area contributed by atoms with E-state index in [0.29, 0.717) is 5.88 Å². The van der Waals surface area contributed by atoms with Crippen LogP contribution in [0.25, 0.3) is 0 Å². The van der Waals surface area contributed by atoms with Crippen molar-refractivity contribution >= 4 is 24.0 Å². The van der Waals surface area contributed by atoms with Gasteiger partial charge in [-0.2, -0.15) is 0 Å². The molecule has 0 aliphatic carbocycles. The lowest BCUT2D eigenvalue weighted by molar-refractivity contribution is 0.179. The molecule has 0 unspecified atom stereocenters. The molecule has 0 aromatic rings. The third-order valence-corrected chi connectivity index (χ3v) is 1.51. The van der Waals surface area contributed by atoms with Crippen LogP contribution < -0.4 is 0 Å². The lowest BCUT2D eigenvalue weighted by Gasteiger charge is -2.15. The van der Waals surface area contributed by atoms with Crippen molar-refractivity contribution in [2.45, 2.75) is 13.8 Å². The highest BCUT2D eigenvalue weighted by Gasteiger charge is 2.13. The Morgan fingerprint density at radius 3 is 1.88 bits per heavy atom. The monoisotopic (exact) mass is 158 g/mol. The van der Waals surface area contributed by atoms with Crippen LogP contribution in [0, 0.1) is 5.41 Å². The summed E-state index contributed by atoms with van der Waals surface area (Å²) >= 11 is 5.43. The molecule has 0 aliphatic heterocycles. The van der Waals surface area contributed by atoms with Crippen molar-refractivity contribution in [1.82, 2.24) is 0 Å². The van der Waals surface area contributed by atoms with Gasteiger partial charge in [0.25, 0.3) is 0 Å². The van der Waals surface area contributed by atoms with Gasteiger partial charge in [0.05, 0.1) is 0 Å². The number of halogens is 2. The number of rotatable bonds is 2. The van der Waals surface area contributed by atoms with Crippen molar-refractivity contribution in [3.63, 3.8) is 0 Å². The summed E-state index contributed by atoms with van der Waals surface area (Å²) in [5.41, 5.74) is -0.0957. The Balaban J connectivity index is 0. The zero-order valence-electron chi connectivity index (χ0n) is 5.15. The second kappa shape index (κ2) is 4.42. The lowest BCUT2D eigenvalue weighted by atomic mass is 9.99. The molecule has 0 aromatic heterocycles. The molecule has 0 spiro atoms. The number of alkyl halides is 1. The van der Waals surface area contributed by atoms with Crippen LogP contribution in [0.5, 0.6) is 0 Å². The third-order valence-electron chi connectivity index (χ3n) is 0.790. The minimum Gasteiger partial charge on any atom is -0.396 e. The van der Waals surface area contributed by atoms with E-state index in [-0.39, 0.29) is 24.4 Å². The molecule has 8 heavy (non-hydrogen) atoms. The van der Waals surface area contributed by atoms with Gasteiger partial charge in [0.2, 0.25) is 0 Å². The molecule has 0 radical (unpaired) electrons. The normalized spacial score (nSPS) is 10.5. The van der Waals surface area contributed by atoms with Crippen LogP contribution >= 0.6 is 24.0 Å². The van der Waals surface area contributed by atoms with Crippen molar-refractivity contribution in [3.8, 4) is 0 Å². The highest BCUT2D eigenvalue weighted by atomic mass is 35.5. The highest BCUT2D eigenvalue weighted by molar-refractivity contribution is 6.18. The van der Waals surface area contributed by atoms with E-state index in [2.05, 4.69) is 0 Å². The Bertz CT molecular complexity index is 48.4. The smallest absolute Gasteiger partial charge is 0.0493 e. The maximum absolute atomic E-state index is 8.51. The van der Waals surface area contributed by atoms with E-state index in [0.717, 1.165) is 0 Å². The van der Waals surface area contributed by atoms with Crippen molar-refractivity contribution in [1.29, 1.82) is 0 Å². The number of aliphatic hydroxyl groups excluding tert-OH is 1. The second-order valence-electron chi connectivity index (χ2n) is 2.46. The molecule has 0 saturated heterocycles. The first-order chi connectivity index (χ1) is 3.12. The quantitative estimate of drug-likeness (QED) is 0.607. The molecule has 1 nitrogen and oxygen atoms in total. The molecule has 0 rings (SSSR count). The summed E-state index contributed by atoms with van der Waals surface area (Å²) in [5, 5.41) is 8.51. The first kappa shape index (κ1) is 11.4. The van der Waals surface area contributed by atoms with Crippen LogP contribution in [0.3, 0.4) is 0 Å². The van der Waals surface area contributed by atoms with E-state index >= 15 is 0 Å². The maximum Gasteiger partial charge on any atom is 0.0493 e. The Kier molecular flexibility index (Phi) is 6.27. The largest absolute Gasteiger partial charge is 0.396 e. The number of hydrogen-bond acceptors (Lipinski definition) is 1. The predicted octanol–water partition coefficient (Wildman–Crippen LogP) is 1.67. The highest BCUT2D eigenvalue weighted by Crippen LogP contribution is 2.14. The molecule has 0 heterocycles. The Labute approximate surface area is 61.4 Å². The molecular weight excluding hydrogens is 147 g/mol. The van der Waals surface area contributed by atoms with Crippen LogP contribution in [-0.2, 0) is 0 Å². The van der Waals surface area contributed by atoms with Gasteiger partial charge in [-0.25, -0.2) is 0 Å². The van der Waals surface area contributed by atoms with E-state index in [1.54, 1.807) is 0 Å². The minimum atomic E-state index is -0.0957. The molecule has 1 N–H and O–H groups in total. The summed E-state index contributed by atoms with van der Waals surface area (Å²) in [6.07, 6.45) is 0. The Hall–Kier alpha value is 0.540. The first-order valence-electron chi connectivity index (χ1n) is 2.29. The van der Waals surface area contributed by atoms with E-state index in [1.807, 2.05) is 13.8 Å². The van der Waals surface area contributed by atoms with Crippen LogP contribution in [-0.4, -0.2) is 17.6 Å². The van der Waals surface area contributed by atoms with E-state index in [4.69, 9.17) is 16.7 Å². The van der Waals surface area contributed by atoms with Crippen molar-refractivity contribution in [2.75, 3.05) is 12.5 Å². The predicted molar refractivity (Wildman–Crippen MR) is 38.8 cm³/mol.